The van der Waals surface area contributed by atoms with E-state index in [1.165, 1.54) is 0 Å². The Kier molecular flexibility index (Phi) is 6.63. The fourth-order valence-electron chi connectivity index (χ4n) is 1.57. The Labute approximate surface area is 117 Å². The molecule has 0 aliphatic carbocycles. The van der Waals surface area contributed by atoms with Gasteiger partial charge in [-0.15, -0.1) is 12.3 Å². The zero-order valence-corrected chi connectivity index (χ0v) is 12.3. The Hall–Kier alpha value is -1.18. The number of rotatable bonds is 7. The van der Waals surface area contributed by atoms with Gasteiger partial charge in [-0.2, -0.15) is 0 Å². The van der Waals surface area contributed by atoms with Crippen molar-refractivity contribution in [2.45, 2.75) is 19.4 Å². The van der Waals surface area contributed by atoms with Crippen LogP contribution in [0.2, 0.25) is 0 Å². The van der Waals surface area contributed by atoms with Crippen LogP contribution in [0.1, 0.15) is 18.4 Å². The molecule has 0 aromatic heterocycles. The lowest BCUT2D eigenvalue weighted by Gasteiger charge is -2.12. The molecule has 1 aromatic carbocycles. The molecule has 1 N–H and O–H groups in total. The van der Waals surface area contributed by atoms with Crippen LogP contribution in [-0.2, 0) is 6.54 Å². The third-order valence-corrected chi connectivity index (χ3v) is 3.28. The van der Waals surface area contributed by atoms with Crippen LogP contribution in [-0.4, -0.2) is 20.8 Å². The molecular formula is C14H18BrNO2. The number of ether oxygens (including phenoxy) is 2. The zero-order valence-electron chi connectivity index (χ0n) is 10.8. The molecule has 98 valence electrons. The van der Waals surface area contributed by atoms with Gasteiger partial charge in [0.25, 0.3) is 0 Å². The standard InChI is InChI=1S/C14H18BrNO2/c1-4-5-6-7-16-10-11-8-13(17-2)14(18-3)9-12(11)15/h1,8-9,16H,5-7,10H2,2-3H3. The average molecular weight is 312 g/mol. The van der Waals surface area contributed by atoms with Gasteiger partial charge >= 0.3 is 0 Å². The normalized spacial score (nSPS) is 9.89. The number of terminal acetylenes is 1. The van der Waals surface area contributed by atoms with Crippen molar-refractivity contribution in [2.75, 3.05) is 20.8 Å². The Morgan fingerprint density at radius 2 is 1.94 bits per heavy atom. The summed E-state index contributed by atoms with van der Waals surface area (Å²) in [6, 6.07) is 3.88. The van der Waals surface area contributed by atoms with E-state index in [9.17, 15) is 0 Å². The Morgan fingerprint density at radius 1 is 1.28 bits per heavy atom. The van der Waals surface area contributed by atoms with Gasteiger partial charge < -0.3 is 14.8 Å². The van der Waals surface area contributed by atoms with Crippen molar-refractivity contribution in [3.63, 3.8) is 0 Å². The molecule has 0 atom stereocenters. The fourth-order valence-corrected chi connectivity index (χ4v) is 2.03. The van der Waals surface area contributed by atoms with E-state index in [2.05, 4.69) is 27.2 Å². The van der Waals surface area contributed by atoms with Gasteiger partial charge in [-0.1, -0.05) is 15.9 Å². The molecule has 1 aromatic rings. The van der Waals surface area contributed by atoms with E-state index in [4.69, 9.17) is 15.9 Å². The van der Waals surface area contributed by atoms with Crippen molar-refractivity contribution in [2.24, 2.45) is 0 Å². The highest BCUT2D eigenvalue weighted by atomic mass is 79.9. The number of methoxy groups -OCH3 is 2. The maximum absolute atomic E-state index is 5.28. The molecule has 0 radical (unpaired) electrons. The highest BCUT2D eigenvalue weighted by Crippen LogP contribution is 2.33. The van der Waals surface area contributed by atoms with E-state index >= 15 is 0 Å². The van der Waals surface area contributed by atoms with Gasteiger partial charge in [-0.05, 0) is 30.7 Å². The maximum Gasteiger partial charge on any atom is 0.161 e. The monoisotopic (exact) mass is 311 g/mol. The topological polar surface area (TPSA) is 30.5 Å². The SMILES string of the molecule is C#CCCCNCc1cc(OC)c(OC)cc1Br. The molecule has 18 heavy (non-hydrogen) atoms. The van der Waals surface area contributed by atoms with Gasteiger partial charge in [-0.25, -0.2) is 0 Å². The summed E-state index contributed by atoms with van der Waals surface area (Å²) in [4.78, 5) is 0. The molecule has 1 rings (SSSR count). The van der Waals surface area contributed by atoms with E-state index in [-0.39, 0.29) is 0 Å². The summed E-state index contributed by atoms with van der Waals surface area (Å²) in [5, 5.41) is 3.34. The summed E-state index contributed by atoms with van der Waals surface area (Å²) in [7, 11) is 3.26. The summed E-state index contributed by atoms with van der Waals surface area (Å²) >= 11 is 3.53. The zero-order chi connectivity index (χ0) is 13.4. The molecular weight excluding hydrogens is 294 g/mol. The van der Waals surface area contributed by atoms with Crippen LogP contribution in [0.4, 0.5) is 0 Å². The quantitative estimate of drug-likeness (QED) is 0.620. The van der Waals surface area contributed by atoms with Crippen molar-refractivity contribution in [3.05, 3.63) is 22.2 Å². The van der Waals surface area contributed by atoms with Crippen LogP contribution in [0.3, 0.4) is 0 Å². The lowest BCUT2D eigenvalue weighted by Crippen LogP contribution is -2.15. The maximum atomic E-state index is 5.28. The molecule has 0 spiro atoms. The predicted octanol–water partition coefficient (Wildman–Crippen LogP) is 2.97. The van der Waals surface area contributed by atoms with Crippen LogP contribution < -0.4 is 14.8 Å². The largest absolute Gasteiger partial charge is 0.493 e. The van der Waals surface area contributed by atoms with Gasteiger partial charge in [0.1, 0.15) is 0 Å². The van der Waals surface area contributed by atoms with E-state index < -0.39 is 0 Å². The predicted molar refractivity (Wildman–Crippen MR) is 77.0 cm³/mol. The number of benzene rings is 1. The number of nitrogens with one attached hydrogen (secondary N) is 1. The van der Waals surface area contributed by atoms with Gasteiger partial charge in [0, 0.05) is 17.4 Å². The highest BCUT2D eigenvalue weighted by molar-refractivity contribution is 9.10. The van der Waals surface area contributed by atoms with Gasteiger partial charge in [-0.3, -0.25) is 0 Å². The molecule has 4 heteroatoms. The first-order valence-corrected chi connectivity index (χ1v) is 6.56. The molecule has 0 heterocycles. The summed E-state index contributed by atoms with van der Waals surface area (Å²) in [6.45, 7) is 1.68. The molecule has 3 nitrogen and oxygen atoms in total. The Bertz CT molecular complexity index is 427. The molecule has 0 saturated heterocycles. The smallest absolute Gasteiger partial charge is 0.161 e. The molecule has 0 aliphatic heterocycles. The average Bonchev–Trinajstić information content (AvgIpc) is 2.39. The van der Waals surface area contributed by atoms with Crippen molar-refractivity contribution < 1.29 is 9.47 Å². The van der Waals surface area contributed by atoms with Crippen molar-refractivity contribution in [1.82, 2.24) is 5.32 Å². The molecule has 0 unspecified atom stereocenters. The lowest BCUT2D eigenvalue weighted by molar-refractivity contribution is 0.354. The van der Waals surface area contributed by atoms with E-state index in [0.717, 1.165) is 47.5 Å². The molecule has 0 aliphatic rings. The number of hydrogen-bond donors (Lipinski definition) is 1. The minimum atomic E-state index is 0.723. The second kappa shape index (κ2) is 8.02. The molecule has 0 amide bonds. The Morgan fingerprint density at radius 3 is 2.56 bits per heavy atom. The lowest BCUT2D eigenvalue weighted by atomic mass is 10.2. The highest BCUT2D eigenvalue weighted by Gasteiger charge is 2.08. The minimum Gasteiger partial charge on any atom is -0.493 e. The van der Waals surface area contributed by atoms with E-state index in [1.807, 2.05) is 12.1 Å². The van der Waals surface area contributed by atoms with Crippen LogP contribution >= 0.6 is 15.9 Å². The van der Waals surface area contributed by atoms with Crippen molar-refractivity contribution in [3.8, 4) is 23.8 Å². The molecule has 0 bridgehead atoms. The van der Waals surface area contributed by atoms with Gasteiger partial charge in [0.05, 0.1) is 14.2 Å². The fraction of sp³-hybridized carbons (Fsp3) is 0.429. The number of unbranched alkanes of at least 4 members (excludes halogenated alkanes) is 1. The molecule has 0 fully saturated rings. The summed E-state index contributed by atoms with van der Waals surface area (Å²) in [6.07, 6.45) is 6.99. The summed E-state index contributed by atoms with van der Waals surface area (Å²) in [5.41, 5.74) is 1.13. The first kappa shape index (κ1) is 14.9. The third kappa shape index (κ3) is 4.25. The first-order valence-electron chi connectivity index (χ1n) is 5.77. The second-order valence-electron chi connectivity index (χ2n) is 3.78. The summed E-state index contributed by atoms with van der Waals surface area (Å²) in [5.74, 6) is 4.09. The third-order valence-electron chi connectivity index (χ3n) is 2.54. The summed E-state index contributed by atoms with van der Waals surface area (Å²) < 4.78 is 11.5. The van der Waals surface area contributed by atoms with E-state index in [0.29, 0.717) is 0 Å². The van der Waals surface area contributed by atoms with Gasteiger partial charge in [0.15, 0.2) is 11.5 Å². The Balaban J connectivity index is 2.63. The van der Waals surface area contributed by atoms with E-state index in [1.54, 1.807) is 14.2 Å². The minimum absolute atomic E-state index is 0.723. The second-order valence-corrected chi connectivity index (χ2v) is 4.64. The molecule has 0 saturated carbocycles. The van der Waals surface area contributed by atoms with Crippen molar-refractivity contribution >= 4 is 15.9 Å². The van der Waals surface area contributed by atoms with Crippen molar-refractivity contribution in [1.29, 1.82) is 0 Å². The van der Waals surface area contributed by atoms with Crippen LogP contribution in [0.25, 0.3) is 0 Å². The van der Waals surface area contributed by atoms with Crippen LogP contribution in [0, 0.1) is 12.3 Å². The van der Waals surface area contributed by atoms with Crippen LogP contribution in [0.15, 0.2) is 16.6 Å². The number of halogens is 1. The first-order chi connectivity index (χ1) is 8.72. The van der Waals surface area contributed by atoms with Crippen LogP contribution in [0.5, 0.6) is 11.5 Å². The van der Waals surface area contributed by atoms with Gasteiger partial charge in [0.2, 0.25) is 0 Å². The number of hydrogen-bond acceptors (Lipinski definition) is 3.